The standard InChI is InChI=1S/C17H20BrNO3/c18-12-5-3-4-11(8-12)14(9-15(20)21)19-16(22)13-10-17(13)6-1-2-7-17/h3-5,8,13-14H,1-2,6-7,9-10H2,(H,19,22)(H,20,21). The quantitative estimate of drug-likeness (QED) is 0.836. The third-order valence-electron chi connectivity index (χ3n) is 5.05. The predicted molar refractivity (Wildman–Crippen MR) is 86.3 cm³/mol. The summed E-state index contributed by atoms with van der Waals surface area (Å²) in [4.78, 5) is 23.6. The van der Waals surface area contributed by atoms with Crippen molar-refractivity contribution in [3.8, 4) is 0 Å². The monoisotopic (exact) mass is 365 g/mol. The maximum atomic E-state index is 12.5. The number of carbonyl (C=O) groups is 2. The Bertz CT molecular complexity index is 595. The zero-order chi connectivity index (χ0) is 15.7. The summed E-state index contributed by atoms with van der Waals surface area (Å²) in [5.41, 5.74) is 1.06. The molecular formula is C17H20BrNO3. The molecule has 118 valence electrons. The number of halogens is 1. The largest absolute Gasteiger partial charge is 0.481 e. The van der Waals surface area contributed by atoms with Crippen LogP contribution in [0.4, 0.5) is 0 Å². The maximum Gasteiger partial charge on any atom is 0.305 e. The Morgan fingerprint density at radius 1 is 1.36 bits per heavy atom. The summed E-state index contributed by atoms with van der Waals surface area (Å²) < 4.78 is 0.883. The minimum absolute atomic E-state index is 0.0214. The second kappa shape index (κ2) is 6.03. The second-order valence-corrected chi connectivity index (χ2v) is 7.46. The van der Waals surface area contributed by atoms with Gasteiger partial charge in [-0.2, -0.15) is 0 Å². The van der Waals surface area contributed by atoms with E-state index in [0.717, 1.165) is 29.3 Å². The highest BCUT2D eigenvalue weighted by molar-refractivity contribution is 9.10. The number of rotatable bonds is 5. The lowest BCUT2D eigenvalue weighted by Gasteiger charge is -2.19. The summed E-state index contributed by atoms with van der Waals surface area (Å²) in [5, 5.41) is 12.1. The average Bonchev–Trinajstić information content (AvgIpc) is 2.95. The molecule has 1 aromatic carbocycles. The molecule has 0 heterocycles. The molecule has 0 radical (unpaired) electrons. The Morgan fingerprint density at radius 2 is 2.09 bits per heavy atom. The van der Waals surface area contributed by atoms with Crippen molar-refractivity contribution < 1.29 is 14.7 Å². The summed E-state index contributed by atoms with van der Waals surface area (Å²) in [7, 11) is 0. The van der Waals surface area contributed by atoms with Gasteiger partial charge in [0, 0.05) is 10.4 Å². The van der Waals surface area contributed by atoms with Gasteiger partial charge in [-0.25, -0.2) is 0 Å². The van der Waals surface area contributed by atoms with Crippen LogP contribution in [0.5, 0.6) is 0 Å². The topological polar surface area (TPSA) is 66.4 Å². The molecule has 22 heavy (non-hydrogen) atoms. The van der Waals surface area contributed by atoms with Gasteiger partial charge >= 0.3 is 5.97 Å². The number of hydrogen-bond acceptors (Lipinski definition) is 2. The molecule has 2 aliphatic carbocycles. The van der Waals surface area contributed by atoms with Gasteiger partial charge in [-0.15, -0.1) is 0 Å². The molecule has 0 bridgehead atoms. The van der Waals surface area contributed by atoms with E-state index >= 15 is 0 Å². The number of nitrogens with one attached hydrogen (secondary N) is 1. The summed E-state index contributed by atoms with van der Waals surface area (Å²) in [5.74, 6) is -0.803. The normalized spacial score (nSPS) is 23.2. The van der Waals surface area contributed by atoms with Crippen LogP contribution in [-0.2, 0) is 9.59 Å². The van der Waals surface area contributed by atoms with Crippen molar-refractivity contribution in [2.45, 2.75) is 44.6 Å². The van der Waals surface area contributed by atoms with E-state index in [9.17, 15) is 9.59 Å². The van der Waals surface area contributed by atoms with Gasteiger partial charge in [0.15, 0.2) is 0 Å². The molecule has 2 saturated carbocycles. The first kappa shape index (κ1) is 15.5. The Balaban J connectivity index is 1.70. The lowest BCUT2D eigenvalue weighted by Crippen LogP contribution is -2.32. The number of carbonyl (C=O) groups excluding carboxylic acids is 1. The molecule has 0 aromatic heterocycles. The third-order valence-corrected chi connectivity index (χ3v) is 5.55. The Labute approximate surface area is 138 Å². The second-order valence-electron chi connectivity index (χ2n) is 6.54. The highest BCUT2D eigenvalue weighted by Gasteiger charge is 2.58. The molecule has 1 aromatic rings. The minimum Gasteiger partial charge on any atom is -0.481 e. The molecule has 2 N–H and O–H groups in total. The number of carboxylic acid groups (broad SMARTS) is 1. The number of hydrogen-bond donors (Lipinski definition) is 2. The third kappa shape index (κ3) is 3.19. The molecule has 4 nitrogen and oxygen atoms in total. The number of benzene rings is 1. The smallest absolute Gasteiger partial charge is 0.305 e. The summed E-state index contributed by atoms with van der Waals surface area (Å²) >= 11 is 3.39. The van der Waals surface area contributed by atoms with E-state index in [1.807, 2.05) is 24.3 Å². The molecular weight excluding hydrogens is 346 g/mol. The lowest BCUT2D eigenvalue weighted by atomic mass is 10.00. The van der Waals surface area contributed by atoms with E-state index in [0.29, 0.717) is 0 Å². The van der Waals surface area contributed by atoms with E-state index < -0.39 is 12.0 Å². The van der Waals surface area contributed by atoms with Gasteiger partial charge in [-0.1, -0.05) is 40.9 Å². The van der Waals surface area contributed by atoms with Gasteiger partial charge in [0.2, 0.25) is 5.91 Å². The van der Waals surface area contributed by atoms with Crippen molar-refractivity contribution in [3.63, 3.8) is 0 Å². The molecule has 1 amide bonds. The first-order valence-electron chi connectivity index (χ1n) is 7.78. The maximum absolute atomic E-state index is 12.5. The van der Waals surface area contributed by atoms with E-state index in [4.69, 9.17) is 5.11 Å². The van der Waals surface area contributed by atoms with Crippen LogP contribution in [0, 0.1) is 11.3 Å². The predicted octanol–water partition coefficient (Wildman–Crippen LogP) is 3.66. The molecule has 5 heteroatoms. The van der Waals surface area contributed by atoms with Crippen LogP contribution in [0.2, 0.25) is 0 Å². The molecule has 2 unspecified atom stereocenters. The molecule has 3 rings (SSSR count). The van der Waals surface area contributed by atoms with Gasteiger partial charge in [-0.3, -0.25) is 9.59 Å². The zero-order valence-electron chi connectivity index (χ0n) is 12.3. The fourth-order valence-electron chi connectivity index (χ4n) is 3.77. The lowest BCUT2D eigenvalue weighted by molar-refractivity contribution is -0.137. The Kier molecular flexibility index (Phi) is 4.26. The fraction of sp³-hybridized carbons (Fsp3) is 0.529. The van der Waals surface area contributed by atoms with E-state index in [1.165, 1.54) is 12.8 Å². The number of amides is 1. The van der Waals surface area contributed by atoms with Gasteiger partial charge in [0.1, 0.15) is 0 Å². The van der Waals surface area contributed by atoms with Crippen LogP contribution in [0.3, 0.4) is 0 Å². The van der Waals surface area contributed by atoms with Crippen LogP contribution in [-0.4, -0.2) is 17.0 Å². The van der Waals surface area contributed by atoms with Crippen molar-refractivity contribution in [3.05, 3.63) is 34.3 Å². The van der Waals surface area contributed by atoms with Gasteiger partial charge < -0.3 is 10.4 Å². The van der Waals surface area contributed by atoms with Crippen molar-refractivity contribution >= 4 is 27.8 Å². The van der Waals surface area contributed by atoms with E-state index in [2.05, 4.69) is 21.2 Å². The highest BCUT2D eigenvalue weighted by atomic mass is 79.9. The van der Waals surface area contributed by atoms with Crippen molar-refractivity contribution in [1.82, 2.24) is 5.32 Å². The van der Waals surface area contributed by atoms with Crippen LogP contribution < -0.4 is 5.32 Å². The number of aliphatic carboxylic acids is 1. The zero-order valence-corrected chi connectivity index (χ0v) is 13.9. The van der Waals surface area contributed by atoms with Gasteiger partial charge in [0.05, 0.1) is 12.5 Å². The fourth-order valence-corrected chi connectivity index (χ4v) is 4.19. The number of carboxylic acids is 1. The summed E-state index contributed by atoms with van der Waals surface area (Å²) in [6, 6.07) is 7.00. The van der Waals surface area contributed by atoms with Crippen LogP contribution in [0.15, 0.2) is 28.7 Å². The Morgan fingerprint density at radius 3 is 2.73 bits per heavy atom. The van der Waals surface area contributed by atoms with Crippen LogP contribution >= 0.6 is 15.9 Å². The highest BCUT2D eigenvalue weighted by Crippen LogP contribution is 2.62. The average molecular weight is 366 g/mol. The van der Waals surface area contributed by atoms with Crippen molar-refractivity contribution in [1.29, 1.82) is 0 Å². The van der Waals surface area contributed by atoms with Gasteiger partial charge in [0.25, 0.3) is 0 Å². The first-order chi connectivity index (χ1) is 10.5. The molecule has 2 fully saturated rings. The van der Waals surface area contributed by atoms with Crippen molar-refractivity contribution in [2.24, 2.45) is 11.3 Å². The molecule has 2 aliphatic rings. The van der Waals surface area contributed by atoms with Gasteiger partial charge in [-0.05, 0) is 42.4 Å². The SMILES string of the molecule is O=C(O)CC(NC(=O)C1CC12CCCC2)c1cccc(Br)c1. The van der Waals surface area contributed by atoms with Crippen molar-refractivity contribution in [2.75, 3.05) is 0 Å². The summed E-state index contributed by atoms with van der Waals surface area (Å²) in [6.07, 6.45) is 5.60. The minimum atomic E-state index is -0.906. The van der Waals surface area contributed by atoms with E-state index in [1.54, 1.807) is 0 Å². The van der Waals surface area contributed by atoms with Crippen LogP contribution in [0.25, 0.3) is 0 Å². The Hall–Kier alpha value is -1.36. The first-order valence-corrected chi connectivity index (χ1v) is 8.57. The molecule has 1 spiro atoms. The molecule has 2 atom stereocenters. The van der Waals surface area contributed by atoms with E-state index in [-0.39, 0.29) is 23.7 Å². The molecule has 0 saturated heterocycles. The summed E-state index contributed by atoms with van der Waals surface area (Å²) in [6.45, 7) is 0. The van der Waals surface area contributed by atoms with Crippen LogP contribution in [0.1, 0.15) is 50.1 Å². The molecule has 0 aliphatic heterocycles.